The van der Waals surface area contributed by atoms with Gasteiger partial charge >= 0.3 is 0 Å². The smallest absolute Gasteiger partial charge is 0.250 e. The van der Waals surface area contributed by atoms with E-state index >= 15 is 0 Å². The normalized spacial score (nSPS) is 35.3. The number of nitrogens with one attached hydrogen (secondary N) is 2. The molecule has 8 nitrogen and oxygen atoms in total. The van der Waals surface area contributed by atoms with Crippen molar-refractivity contribution in [1.29, 1.82) is 0 Å². The van der Waals surface area contributed by atoms with Gasteiger partial charge in [0.05, 0.1) is 41.3 Å². The molecule has 3 aliphatic heterocycles. The maximum Gasteiger partial charge on any atom is 0.250 e. The number of benzene rings is 1. The lowest BCUT2D eigenvalue weighted by Crippen LogP contribution is -2.56. The van der Waals surface area contributed by atoms with Gasteiger partial charge in [-0.1, -0.05) is 39.7 Å². The monoisotopic (exact) mass is 499 g/mol. The van der Waals surface area contributed by atoms with Gasteiger partial charge < -0.3 is 25.4 Å². The van der Waals surface area contributed by atoms with Crippen LogP contribution in [0.1, 0.15) is 13.3 Å². The van der Waals surface area contributed by atoms with Gasteiger partial charge in [-0.15, -0.1) is 0 Å². The van der Waals surface area contributed by atoms with E-state index in [1.54, 1.807) is 31.2 Å². The van der Waals surface area contributed by atoms with Crippen molar-refractivity contribution in [2.45, 2.75) is 42.0 Å². The zero-order valence-corrected chi connectivity index (χ0v) is 18.8. The molecule has 10 heteroatoms. The summed E-state index contributed by atoms with van der Waals surface area (Å²) in [5.74, 6) is -2.63. The van der Waals surface area contributed by atoms with Crippen LogP contribution in [0.3, 0.4) is 0 Å². The molecule has 3 saturated heterocycles. The molecule has 3 N–H and O–H groups in total. The van der Waals surface area contributed by atoms with Crippen LogP contribution in [0.4, 0.5) is 5.69 Å². The van der Waals surface area contributed by atoms with Crippen molar-refractivity contribution in [3.8, 4) is 0 Å². The van der Waals surface area contributed by atoms with Crippen molar-refractivity contribution in [3.05, 3.63) is 29.3 Å². The Balaban J connectivity index is 1.77. The van der Waals surface area contributed by atoms with Crippen molar-refractivity contribution in [2.75, 3.05) is 19.0 Å². The lowest BCUT2D eigenvalue weighted by atomic mass is 9.70. The van der Waals surface area contributed by atoms with Crippen molar-refractivity contribution in [3.63, 3.8) is 0 Å². The lowest BCUT2D eigenvalue weighted by molar-refractivity contribution is -0.143. The molecule has 3 aliphatic rings. The number of carbonyl (C=O) groups is 3. The predicted molar refractivity (Wildman–Crippen MR) is 113 cm³/mol. The SMILES string of the molecule is CNC(=O)[C@H]1[C@H]2C(=O)N([C@H](C)CO)C(C(=O)Nc3ccccc3Cl)C23CC(Br)[C@@H]1O3. The van der Waals surface area contributed by atoms with Crippen LogP contribution in [0.5, 0.6) is 0 Å². The van der Waals surface area contributed by atoms with E-state index in [9.17, 15) is 19.5 Å². The third kappa shape index (κ3) is 2.97. The van der Waals surface area contributed by atoms with E-state index < -0.39 is 41.5 Å². The second-order valence-corrected chi connectivity index (χ2v) is 9.61. The number of likely N-dealkylation sites (tertiary alicyclic amines) is 1. The molecule has 2 bridgehead atoms. The minimum atomic E-state index is -1.16. The van der Waals surface area contributed by atoms with Crippen LogP contribution in [0.2, 0.25) is 5.02 Å². The Labute approximate surface area is 187 Å². The number of alkyl halides is 1. The number of carbonyl (C=O) groups excluding carboxylic acids is 3. The number of rotatable bonds is 5. The summed E-state index contributed by atoms with van der Waals surface area (Å²) in [6, 6.07) is 5.18. The summed E-state index contributed by atoms with van der Waals surface area (Å²) >= 11 is 9.77. The van der Waals surface area contributed by atoms with Crippen LogP contribution in [0.25, 0.3) is 0 Å². The maximum atomic E-state index is 13.5. The highest BCUT2D eigenvalue weighted by Crippen LogP contribution is 2.60. The van der Waals surface area contributed by atoms with E-state index in [0.717, 1.165) is 0 Å². The fourth-order valence-electron chi connectivity index (χ4n) is 5.16. The highest BCUT2D eigenvalue weighted by Gasteiger charge is 2.76. The van der Waals surface area contributed by atoms with Gasteiger partial charge in [-0.2, -0.15) is 0 Å². The van der Waals surface area contributed by atoms with Crippen LogP contribution in [-0.2, 0) is 19.1 Å². The number of halogens is 2. The number of nitrogens with zero attached hydrogens (tertiary/aromatic N) is 1. The van der Waals surface area contributed by atoms with Gasteiger partial charge in [-0.25, -0.2) is 0 Å². The van der Waals surface area contributed by atoms with E-state index in [1.165, 1.54) is 11.9 Å². The largest absolute Gasteiger partial charge is 0.394 e. The van der Waals surface area contributed by atoms with Crippen LogP contribution < -0.4 is 10.6 Å². The molecule has 162 valence electrons. The molecular formula is C20H23BrClN3O5. The number of anilines is 1. The number of aliphatic hydroxyl groups excluding tert-OH is 1. The van der Waals surface area contributed by atoms with Crippen LogP contribution in [0.15, 0.2) is 24.3 Å². The molecule has 0 aromatic heterocycles. The number of para-hydroxylation sites is 1. The third-order valence-electron chi connectivity index (χ3n) is 6.40. The highest BCUT2D eigenvalue weighted by atomic mass is 79.9. The molecule has 7 atom stereocenters. The van der Waals surface area contributed by atoms with Crippen LogP contribution in [-0.4, -0.2) is 70.0 Å². The number of hydrogen-bond acceptors (Lipinski definition) is 5. The van der Waals surface area contributed by atoms with Crippen LogP contribution in [0, 0.1) is 11.8 Å². The third-order valence-corrected chi connectivity index (χ3v) is 7.57. The fourth-order valence-corrected chi connectivity index (χ4v) is 6.28. The molecule has 3 unspecified atom stereocenters. The van der Waals surface area contributed by atoms with Crippen molar-refractivity contribution >= 4 is 50.9 Å². The van der Waals surface area contributed by atoms with Gasteiger partial charge in [0, 0.05) is 11.9 Å². The highest BCUT2D eigenvalue weighted by molar-refractivity contribution is 9.09. The molecule has 1 aromatic carbocycles. The zero-order valence-electron chi connectivity index (χ0n) is 16.5. The van der Waals surface area contributed by atoms with Gasteiger partial charge in [0.25, 0.3) is 0 Å². The summed E-state index contributed by atoms with van der Waals surface area (Å²) in [6.45, 7) is 1.34. The summed E-state index contributed by atoms with van der Waals surface area (Å²) in [6.07, 6.45) is -0.113. The Bertz CT molecular complexity index is 901. The maximum absolute atomic E-state index is 13.5. The number of ether oxygens (including phenoxy) is 1. The van der Waals surface area contributed by atoms with E-state index in [1.807, 2.05) is 0 Å². The van der Waals surface area contributed by atoms with E-state index in [0.29, 0.717) is 17.1 Å². The van der Waals surface area contributed by atoms with E-state index in [-0.39, 0.29) is 23.2 Å². The van der Waals surface area contributed by atoms with Gasteiger partial charge in [-0.05, 0) is 25.5 Å². The Kier molecular flexibility index (Phi) is 5.59. The lowest BCUT2D eigenvalue weighted by Gasteiger charge is -2.35. The average molecular weight is 501 g/mol. The molecule has 0 aliphatic carbocycles. The molecule has 3 amide bonds. The molecule has 0 saturated carbocycles. The van der Waals surface area contributed by atoms with Gasteiger partial charge in [0.1, 0.15) is 11.6 Å². The number of amides is 3. The average Bonchev–Trinajstić information content (AvgIpc) is 3.32. The van der Waals surface area contributed by atoms with Crippen molar-refractivity contribution < 1.29 is 24.2 Å². The number of fused-ring (bicyclic) bond motifs is 1. The second kappa shape index (κ2) is 7.78. The molecule has 3 fully saturated rings. The Morgan fingerprint density at radius 1 is 1.40 bits per heavy atom. The Morgan fingerprint density at radius 3 is 2.73 bits per heavy atom. The van der Waals surface area contributed by atoms with E-state index in [4.69, 9.17) is 16.3 Å². The topological polar surface area (TPSA) is 108 Å². The molecule has 3 heterocycles. The van der Waals surface area contributed by atoms with Crippen molar-refractivity contribution in [1.82, 2.24) is 10.2 Å². The number of aliphatic hydroxyl groups is 1. The summed E-state index contributed by atoms with van der Waals surface area (Å²) < 4.78 is 6.28. The Hall–Kier alpha value is -1.68. The summed E-state index contributed by atoms with van der Waals surface area (Å²) in [4.78, 5) is 40.8. The molecule has 30 heavy (non-hydrogen) atoms. The zero-order chi connectivity index (χ0) is 21.8. The summed E-state index contributed by atoms with van der Waals surface area (Å²) in [5, 5.41) is 15.6. The standard InChI is InChI=1S/C20H23BrClN3O5/c1-9(8-26)25-16(18(28)24-12-6-4-3-5-11(12)22)20-7-10(21)15(30-20)13(17(27)23-2)14(20)19(25)29/h3-6,9-10,13-16,26H,7-8H2,1-2H3,(H,23,27)(H,24,28)/t9-,10?,13+,14+,15+,16?,20?/m1/s1. The predicted octanol–water partition coefficient (Wildman–Crippen LogP) is 1.15. The van der Waals surface area contributed by atoms with Crippen LogP contribution >= 0.6 is 27.5 Å². The summed E-state index contributed by atoms with van der Waals surface area (Å²) in [7, 11) is 1.51. The summed E-state index contributed by atoms with van der Waals surface area (Å²) in [5.41, 5.74) is -0.749. The minimum Gasteiger partial charge on any atom is -0.394 e. The molecule has 1 spiro atoms. The number of hydrogen-bond donors (Lipinski definition) is 3. The quantitative estimate of drug-likeness (QED) is 0.526. The van der Waals surface area contributed by atoms with E-state index in [2.05, 4.69) is 26.6 Å². The fraction of sp³-hybridized carbons (Fsp3) is 0.550. The molecule has 1 aromatic rings. The first-order valence-corrected chi connectivity index (χ1v) is 11.1. The molecule has 4 rings (SSSR count). The second-order valence-electron chi connectivity index (χ2n) is 8.02. The Morgan fingerprint density at radius 2 is 2.10 bits per heavy atom. The van der Waals surface area contributed by atoms with Gasteiger partial charge in [0.2, 0.25) is 17.7 Å². The molecular weight excluding hydrogens is 478 g/mol. The minimum absolute atomic E-state index is 0.177. The first-order valence-electron chi connectivity index (χ1n) is 9.78. The van der Waals surface area contributed by atoms with Crippen molar-refractivity contribution in [2.24, 2.45) is 11.8 Å². The van der Waals surface area contributed by atoms with Gasteiger partial charge in [-0.3, -0.25) is 14.4 Å². The van der Waals surface area contributed by atoms with Gasteiger partial charge in [0.15, 0.2) is 0 Å². The first kappa shape index (κ1) is 21.5. The first-order chi connectivity index (χ1) is 14.3. The molecule has 0 radical (unpaired) electrons.